The Bertz CT molecular complexity index is 446. The maximum absolute atomic E-state index is 10.4. The van der Waals surface area contributed by atoms with Crippen molar-refractivity contribution in [2.45, 2.75) is 37.4 Å². The van der Waals surface area contributed by atoms with Gasteiger partial charge in [0.15, 0.2) is 0 Å². The van der Waals surface area contributed by atoms with E-state index in [9.17, 15) is 18.6 Å². The second kappa shape index (κ2) is 20.9. The van der Waals surface area contributed by atoms with Crippen LogP contribution in [0.25, 0.3) is 0 Å². The summed E-state index contributed by atoms with van der Waals surface area (Å²) in [6.45, 7) is 0. The Morgan fingerprint density at radius 1 is 0.786 bits per heavy atom. The summed E-state index contributed by atoms with van der Waals surface area (Å²) in [5.41, 5.74) is 15.5. The molecule has 0 saturated heterocycles. The number of thioether (sulfide) groups is 2. The maximum atomic E-state index is 10.4. The molecule has 0 aliphatic heterocycles. The normalized spacial score (nSPS) is 14.2. The largest absolute Gasteiger partial charge is 0.480 e. The molecule has 13 heteroatoms. The Hall–Kier alpha value is -0.860. The summed E-state index contributed by atoms with van der Waals surface area (Å²) in [6, 6.07) is -2.24. The highest BCUT2D eigenvalue weighted by Crippen LogP contribution is 1.98. The van der Waals surface area contributed by atoms with E-state index in [-0.39, 0.29) is 6.42 Å². The molecular weight excluding hydrogens is 430 g/mol. The second-order valence-corrected chi connectivity index (χ2v) is 8.99. The number of hydrogen-bond donors (Lipinski definition) is 6. The van der Waals surface area contributed by atoms with Gasteiger partial charge in [-0.1, -0.05) is 0 Å². The van der Waals surface area contributed by atoms with Crippen LogP contribution < -0.4 is 17.2 Å². The van der Waals surface area contributed by atoms with Crippen LogP contribution in [0.3, 0.4) is 0 Å². The van der Waals surface area contributed by atoms with Crippen molar-refractivity contribution in [2.24, 2.45) is 17.2 Å². The van der Waals surface area contributed by atoms with Crippen LogP contribution in [0.5, 0.6) is 0 Å². The van der Waals surface area contributed by atoms with E-state index in [0.29, 0.717) is 18.6 Å². The van der Waals surface area contributed by atoms with Crippen LogP contribution in [0.1, 0.15) is 19.3 Å². The second-order valence-electron chi connectivity index (χ2n) is 5.46. The summed E-state index contributed by atoms with van der Waals surface area (Å²) < 4.78 is 10.4. The molecule has 0 heterocycles. The lowest BCUT2D eigenvalue weighted by Crippen LogP contribution is -2.31. The molecule has 1 unspecified atom stereocenters. The molecule has 0 saturated carbocycles. The molecule has 4 atom stereocenters. The number of carbonyl (C=O) groups is 3. The van der Waals surface area contributed by atoms with Crippen molar-refractivity contribution in [3.05, 3.63) is 0 Å². The molecule has 0 aliphatic rings. The number of nitrogens with two attached hydrogens (primary N) is 3. The number of rotatable bonds is 12. The van der Waals surface area contributed by atoms with E-state index < -0.39 is 46.8 Å². The zero-order valence-electron chi connectivity index (χ0n) is 16.4. The summed E-state index contributed by atoms with van der Waals surface area (Å²) in [6.07, 6.45) is 6.75. The standard InChI is InChI=1S/C5H11NO3S.2C5H11NO2S/c1-10(9)3-2-4(6)5(7)8;2*1-9-3-2-4(6)5(7)8/h4H,2-3,6H2,1H3,(H,7,8);2*4H,2-3,6H2,1H3,(H,7,8)/t4-,10?;2*4-/m000/s1. The van der Waals surface area contributed by atoms with Crippen LogP contribution in [0.4, 0.5) is 0 Å². The van der Waals surface area contributed by atoms with E-state index in [1.54, 1.807) is 23.5 Å². The lowest BCUT2D eigenvalue weighted by molar-refractivity contribution is -0.139. The van der Waals surface area contributed by atoms with E-state index in [1.165, 1.54) is 6.26 Å². The predicted octanol–water partition coefficient (Wildman–Crippen LogP) is -0.530. The number of carboxylic acids is 3. The van der Waals surface area contributed by atoms with Gasteiger partial charge in [-0.25, -0.2) is 0 Å². The highest BCUT2D eigenvalue weighted by atomic mass is 32.2. The van der Waals surface area contributed by atoms with E-state index in [4.69, 9.17) is 32.5 Å². The third-order valence-corrected chi connectivity index (χ3v) is 5.03. The molecular formula is C15H33N3O7S3. The van der Waals surface area contributed by atoms with E-state index in [2.05, 4.69) is 0 Å². The van der Waals surface area contributed by atoms with Gasteiger partial charge < -0.3 is 32.5 Å². The first-order chi connectivity index (χ1) is 12.9. The molecule has 10 nitrogen and oxygen atoms in total. The first-order valence-corrected chi connectivity index (χ1v) is 12.6. The van der Waals surface area contributed by atoms with Crippen LogP contribution in [0, 0.1) is 0 Å². The topological polar surface area (TPSA) is 207 Å². The minimum atomic E-state index is -1.04. The zero-order chi connectivity index (χ0) is 22.7. The van der Waals surface area contributed by atoms with Gasteiger partial charge in [0.2, 0.25) is 0 Å². The van der Waals surface area contributed by atoms with Gasteiger partial charge in [0, 0.05) is 22.8 Å². The van der Waals surface area contributed by atoms with Gasteiger partial charge in [-0.2, -0.15) is 23.5 Å². The van der Waals surface area contributed by atoms with Crippen molar-refractivity contribution in [3.8, 4) is 0 Å². The molecule has 0 radical (unpaired) electrons. The molecule has 0 bridgehead atoms. The third kappa shape index (κ3) is 25.1. The maximum Gasteiger partial charge on any atom is 0.320 e. The highest BCUT2D eigenvalue weighted by Gasteiger charge is 2.11. The van der Waals surface area contributed by atoms with Crippen LogP contribution in [0.2, 0.25) is 0 Å². The molecule has 0 aromatic heterocycles. The van der Waals surface area contributed by atoms with Crippen LogP contribution >= 0.6 is 23.5 Å². The first-order valence-electron chi connectivity index (χ1n) is 8.13. The quantitative estimate of drug-likeness (QED) is 0.216. The van der Waals surface area contributed by atoms with Gasteiger partial charge in [-0.05, 0) is 43.3 Å². The molecule has 0 amide bonds. The van der Waals surface area contributed by atoms with Gasteiger partial charge in [0.25, 0.3) is 0 Å². The minimum Gasteiger partial charge on any atom is -0.480 e. The molecule has 168 valence electrons. The first kappa shape index (κ1) is 31.8. The summed E-state index contributed by atoms with van der Waals surface area (Å²) >= 11 is 3.21. The molecule has 0 spiro atoms. The van der Waals surface area contributed by atoms with Gasteiger partial charge in [0.05, 0.1) is 0 Å². The Balaban J connectivity index is -0.000000336. The summed E-state index contributed by atoms with van der Waals surface area (Å²) in [7, 11) is -0.946. The average Bonchev–Trinajstić information content (AvgIpc) is 2.62. The number of hydrogen-bond acceptors (Lipinski definition) is 9. The monoisotopic (exact) mass is 463 g/mol. The molecule has 0 aromatic rings. The smallest absolute Gasteiger partial charge is 0.320 e. The number of carboxylic acid groups (broad SMARTS) is 3. The molecule has 0 fully saturated rings. The Morgan fingerprint density at radius 2 is 1.07 bits per heavy atom. The fraction of sp³-hybridized carbons (Fsp3) is 0.800. The van der Waals surface area contributed by atoms with Gasteiger partial charge in [-0.15, -0.1) is 0 Å². The fourth-order valence-corrected chi connectivity index (χ4v) is 2.72. The van der Waals surface area contributed by atoms with E-state index >= 15 is 0 Å². The van der Waals surface area contributed by atoms with Crippen molar-refractivity contribution < 1.29 is 33.9 Å². The van der Waals surface area contributed by atoms with Crippen LogP contribution in [-0.2, 0) is 25.2 Å². The van der Waals surface area contributed by atoms with Gasteiger partial charge in [-0.3, -0.25) is 18.6 Å². The van der Waals surface area contributed by atoms with Crippen molar-refractivity contribution in [2.75, 3.05) is 36.0 Å². The van der Waals surface area contributed by atoms with Gasteiger partial charge >= 0.3 is 17.9 Å². The summed E-state index contributed by atoms with van der Waals surface area (Å²) in [5.74, 6) is -0.882. The highest BCUT2D eigenvalue weighted by molar-refractivity contribution is 7.98. The van der Waals surface area contributed by atoms with Crippen molar-refractivity contribution >= 4 is 52.2 Å². The molecule has 28 heavy (non-hydrogen) atoms. The SMILES string of the molecule is CS(=O)CC[C@H](N)C(=O)O.CSCC[C@H](N)C(=O)O.CSCC[C@H](N)C(=O)O. The van der Waals surface area contributed by atoms with Gasteiger partial charge in [0.1, 0.15) is 18.1 Å². The third-order valence-electron chi connectivity index (χ3n) is 2.93. The summed E-state index contributed by atoms with van der Waals surface area (Å²) in [4.78, 5) is 30.2. The Labute approximate surface area is 176 Å². The van der Waals surface area contributed by atoms with E-state index in [1.807, 2.05) is 12.5 Å². The molecule has 0 aromatic carbocycles. The van der Waals surface area contributed by atoms with Crippen molar-refractivity contribution in [3.63, 3.8) is 0 Å². The van der Waals surface area contributed by atoms with E-state index in [0.717, 1.165) is 11.5 Å². The summed E-state index contributed by atoms with van der Waals surface area (Å²) in [5, 5.41) is 24.8. The van der Waals surface area contributed by atoms with Crippen LogP contribution in [-0.4, -0.2) is 91.6 Å². The lowest BCUT2D eigenvalue weighted by Gasteiger charge is -2.02. The predicted molar refractivity (Wildman–Crippen MR) is 116 cm³/mol. The minimum absolute atomic E-state index is 0.276. The Kier molecular flexibility index (Phi) is 23.7. The van der Waals surface area contributed by atoms with Crippen molar-refractivity contribution in [1.29, 1.82) is 0 Å². The number of aliphatic carboxylic acids is 3. The zero-order valence-corrected chi connectivity index (χ0v) is 18.9. The Morgan fingerprint density at radius 3 is 1.29 bits per heavy atom. The van der Waals surface area contributed by atoms with Crippen LogP contribution in [0.15, 0.2) is 0 Å². The molecule has 0 rings (SSSR count). The lowest BCUT2D eigenvalue weighted by atomic mass is 10.2. The molecule has 9 N–H and O–H groups in total. The molecule has 0 aliphatic carbocycles. The fourth-order valence-electron chi connectivity index (χ4n) is 1.15. The van der Waals surface area contributed by atoms with Crippen molar-refractivity contribution in [1.82, 2.24) is 0 Å². The average molecular weight is 464 g/mol.